The molecule has 0 radical (unpaired) electrons. The molecule has 152 valence electrons. The monoisotopic (exact) mass is 411 g/mol. The Morgan fingerprint density at radius 3 is 2.59 bits per heavy atom. The lowest BCUT2D eigenvalue weighted by molar-refractivity contribution is 0.0712. The van der Waals surface area contributed by atoms with E-state index in [1.54, 1.807) is 23.9 Å². The van der Waals surface area contributed by atoms with Gasteiger partial charge in [-0.1, -0.05) is 0 Å². The van der Waals surface area contributed by atoms with Crippen LogP contribution in [-0.4, -0.2) is 49.7 Å². The Morgan fingerprint density at radius 2 is 1.93 bits per heavy atom. The minimum atomic E-state index is -0.341. The summed E-state index contributed by atoms with van der Waals surface area (Å²) in [5.74, 6) is 0.175. The molecule has 0 saturated carbocycles. The molecule has 8 heteroatoms. The first-order valence-electron chi connectivity index (χ1n) is 9.79. The topological polar surface area (TPSA) is 79.6 Å². The lowest BCUT2D eigenvalue weighted by Crippen LogP contribution is -2.40. The van der Waals surface area contributed by atoms with Crippen molar-refractivity contribution in [2.45, 2.75) is 45.1 Å². The second kappa shape index (κ2) is 7.59. The Kier molecular flexibility index (Phi) is 5.12. The third-order valence-electron chi connectivity index (χ3n) is 5.13. The Hall–Kier alpha value is -2.74. The van der Waals surface area contributed by atoms with Crippen molar-refractivity contribution in [3.63, 3.8) is 0 Å². The average Bonchev–Trinajstić information content (AvgIpc) is 3.36. The van der Waals surface area contributed by atoms with Crippen LogP contribution >= 0.6 is 11.3 Å². The summed E-state index contributed by atoms with van der Waals surface area (Å²) in [6.45, 7) is 7.25. The fourth-order valence-electron chi connectivity index (χ4n) is 3.76. The molecule has 1 fully saturated rings. The molecule has 1 aliphatic rings. The number of aromatic nitrogens is 3. The van der Waals surface area contributed by atoms with Gasteiger partial charge < -0.3 is 10.2 Å². The second-order valence-electron chi connectivity index (χ2n) is 8.44. The molecule has 2 amide bonds. The van der Waals surface area contributed by atoms with Gasteiger partial charge in [-0.3, -0.25) is 14.0 Å². The van der Waals surface area contributed by atoms with Crippen molar-refractivity contribution < 1.29 is 9.59 Å². The molecule has 0 atom stereocenters. The average molecular weight is 412 g/mol. The molecule has 0 spiro atoms. The summed E-state index contributed by atoms with van der Waals surface area (Å²) in [6, 6.07) is 3.86. The minimum Gasteiger partial charge on any atom is -0.346 e. The van der Waals surface area contributed by atoms with Gasteiger partial charge in [-0.05, 0) is 51.1 Å². The molecular weight excluding hydrogens is 386 g/mol. The smallest absolute Gasteiger partial charge is 0.274 e. The van der Waals surface area contributed by atoms with E-state index in [1.165, 1.54) is 0 Å². The molecule has 29 heavy (non-hydrogen) atoms. The first-order valence-corrected chi connectivity index (χ1v) is 10.7. The Balaban J connectivity index is 1.52. The molecular formula is C21H25N5O2S. The van der Waals surface area contributed by atoms with Crippen LogP contribution in [0, 0.1) is 0 Å². The van der Waals surface area contributed by atoms with E-state index in [1.807, 2.05) is 53.0 Å². The molecule has 7 nitrogen and oxygen atoms in total. The zero-order chi connectivity index (χ0) is 20.6. The van der Waals surface area contributed by atoms with Crippen LogP contribution in [0.4, 0.5) is 0 Å². The number of amides is 2. The third kappa shape index (κ3) is 4.03. The Labute approximate surface area is 173 Å². The lowest BCUT2D eigenvalue weighted by atomic mass is 9.93. The van der Waals surface area contributed by atoms with Crippen molar-refractivity contribution in [3.8, 4) is 0 Å². The molecule has 3 aromatic heterocycles. The fourth-order valence-corrected chi connectivity index (χ4v) is 4.39. The number of thiophene rings is 1. The maximum Gasteiger partial charge on any atom is 0.274 e. The molecule has 1 aliphatic heterocycles. The van der Waals surface area contributed by atoms with Crippen molar-refractivity contribution in [1.29, 1.82) is 0 Å². The number of rotatable bonds is 3. The molecule has 0 bridgehead atoms. The van der Waals surface area contributed by atoms with E-state index in [0.717, 1.165) is 37.2 Å². The summed E-state index contributed by atoms with van der Waals surface area (Å²) < 4.78 is 1.92. The van der Waals surface area contributed by atoms with E-state index in [-0.39, 0.29) is 17.4 Å². The summed E-state index contributed by atoms with van der Waals surface area (Å²) >= 11 is 1.54. The maximum absolute atomic E-state index is 12.6. The van der Waals surface area contributed by atoms with Crippen LogP contribution in [0.2, 0.25) is 0 Å². The summed E-state index contributed by atoms with van der Waals surface area (Å²) in [5, 5.41) is 6.78. The SMILES string of the molecule is CC(C)(C)NC(=O)c1ncn2c(C3CCN(C(=O)c4ccsc4)CC3)ccnc12. The zero-order valence-electron chi connectivity index (χ0n) is 16.9. The van der Waals surface area contributed by atoms with Gasteiger partial charge in [0.15, 0.2) is 11.3 Å². The number of nitrogens with one attached hydrogen (secondary N) is 1. The normalized spacial score (nSPS) is 15.6. The largest absolute Gasteiger partial charge is 0.346 e. The summed E-state index contributed by atoms with van der Waals surface area (Å²) in [5.41, 5.74) is 2.42. The van der Waals surface area contributed by atoms with Crippen LogP contribution in [0.3, 0.4) is 0 Å². The van der Waals surface area contributed by atoms with Crippen molar-refractivity contribution in [2.24, 2.45) is 0 Å². The molecule has 1 saturated heterocycles. The molecule has 4 heterocycles. The minimum absolute atomic E-state index is 0.105. The van der Waals surface area contributed by atoms with Gasteiger partial charge in [-0.15, -0.1) is 0 Å². The quantitative estimate of drug-likeness (QED) is 0.717. The second-order valence-corrected chi connectivity index (χ2v) is 9.22. The standard InChI is InChI=1S/C21H25N5O2S/c1-21(2,3)24-19(27)17-18-22-8-4-16(26(18)13-23-17)14-5-9-25(10-6-14)20(28)15-7-11-29-12-15/h4,7-8,11-14H,5-6,9-10H2,1-3H3,(H,24,27). The van der Waals surface area contributed by atoms with Crippen LogP contribution in [0.5, 0.6) is 0 Å². The first kappa shape index (κ1) is 19.6. The van der Waals surface area contributed by atoms with E-state index in [4.69, 9.17) is 0 Å². The van der Waals surface area contributed by atoms with E-state index in [0.29, 0.717) is 17.3 Å². The van der Waals surface area contributed by atoms with Gasteiger partial charge in [0.25, 0.3) is 11.8 Å². The van der Waals surface area contributed by atoms with Crippen molar-refractivity contribution >= 4 is 28.8 Å². The number of carbonyl (C=O) groups excluding carboxylic acids is 2. The number of carbonyl (C=O) groups is 2. The molecule has 0 unspecified atom stereocenters. The number of nitrogens with zero attached hydrogens (tertiary/aromatic N) is 4. The van der Waals surface area contributed by atoms with E-state index in [9.17, 15) is 9.59 Å². The predicted molar refractivity (Wildman–Crippen MR) is 112 cm³/mol. The summed E-state index contributed by atoms with van der Waals surface area (Å²) in [6.07, 6.45) is 5.16. The van der Waals surface area contributed by atoms with Crippen LogP contribution in [0.25, 0.3) is 5.65 Å². The van der Waals surface area contributed by atoms with Gasteiger partial charge in [0.2, 0.25) is 0 Å². The van der Waals surface area contributed by atoms with Gasteiger partial charge in [0.1, 0.15) is 6.33 Å². The number of imidazole rings is 1. The summed E-state index contributed by atoms with van der Waals surface area (Å²) in [7, 11) is 0. The van der Waals surface area contributed by atoms with Crippen LogP contribution in [0.15, 0.2) is 35.4 Å². The number of hydrogen-bond donors (Lipinski definition) is 1. The summed E-state index contributed by atoms with van der Waals surface area (Å²) in [4.78, 5) is 35.8. The molecule has 3 aromatic rings. The number of piperidine rings is 1. The van der Waals surface area contributed by atoms with Crippen LogP contribution < -0.4 is 5.32 Å². The Bertz CT molecular complexity index is 1030. The number of hydrogen-bond acceptors (Lipinski definition) is 5. The predicted octanol–water partition coefficient (Wildman–Crippen LogP) is 3.34. The van der Waals surface area contributed by atoms with Gasteiger partial charge in [0.05, 0.1) is 5.56 Å². The van der Waals surface area contributed by atoms with Gasteiger partial charge in [-0.2, -0.15) is 11.3 Å². The number of fused-ring (bicyclic) bond motifs is 1. The lowest BCUT2D eigenvalue weighted by Gasteiger charge is -2.32. The van der Waals surface area contributed by atoms with E-state index in [2.05, 4.69) is 15.3 Å². The van der Waals surface area contributed by atoms with Crippen LogP contribution in [0.1, 0.15) is 66.1 Å². The maximum atomic E-state index is 12.6. The van der Waals surface area contributed by atoms with Crippen molar-refractivity contribution in [2.75, 3.05) is 13.1 Å². The highest BCUT2D eigenvalue weighted by atomic mass is 32.1. The van der Waals surface area contributed by atoms with Crippen molar-refractivity contribution in [1.82, 2.24) is 24.6 Å². The van der Waals surface area contributed by atoms with Gasteiger partial charge >= 0.3 is 0 Å². The van der Waals surface area contributed by atoms with E-state index >= 15 is 0 Å². The van der Waals surface area contributed by atoms with Gasteiger partial charge in [-0.25, -0.2) is 9.97 Å². The number of likely N-dealkylation sites (tertiary alicyclic amines) is 1. The van der Waals surface area contributed by atoms with Crippen molar-refractivity contribution in [3.05, 3.63) is 52.4 Å². The third-order valence-corrected chi connectivity index (χ3v) is 5.82. The first-order chi connectivity index (χ1) is 13.8. The zero-order valence-corrected chi connectivity index (χ0v) is 17.7. The highest BCUT2D eigenvalue weighted by Gasteiger charge is 2.27. The van der Waals surface area contributed by atoms with Gasteiger partial charge in [0, 0.05) is 41.8 Å². The molecule has 1 N–H and O–H groups in total. The Morgan fingerprint density at radius 1 is 1.17 bits per heavy atom. The fraction of sp³-hybridized carbons (Fsp3) is 0.429. The molecule has 0 aromatic carbocycles. The highest BCUT2D eigenvalue weighted by Crippen LogP contribution is 2.29. The van der Waals surface area contributed by atoms with E-state index < -0.39 is 0 Å². The highest BCUT2D eigenvalue weighted by molar-refractivity contribution is 7.08. The van der Waals surface area contributed by atoms with Crippen LogP contribution in [-0.2, 0) is 0 Å². The molecule has 0 aliphatic carbocycles. The molecule has 4 rings (SSSR count).